The normalized spacial score (nSPS) is 18.6. The van der Waals surface area contributed by atoms with Gasteiger partial charge in [0.2, 0.25) is 0 Å². The summed E-state index contributed by atoms with van der Waals surface area (Å²) in [5.41, 5.74) is 1.16. The largest absolute Gasteiger partial charge is 0.311 e. The third kappa shape index (κ3) is 4.46. The van der Waals surface area contributed by atoms with Crippen LogP contribution in [-0.4, -0.2) is 66.3 Å². The maximum absolute atomic E-state index is 3.92. The molecule has 1 fully saturated rings. The zero-order valence-electron chi connectivity index (χ0n) is 10.7. The average molecular weight is 237 g/mol. The van der Waals surface area contributed by atoms with Crippen LogP contribution in [-0.2, 0) is 6.54 Å². The maximum Gasteiger partial charge on any atom is 0.0490 e. The zero-order valence-corrected chi connectivity index (χ0v) is 10.7. The second-order valence-corrected chi connectivity index (χ2v) is 4.76. The molecule has 0 amide bonds. The summed E-state index contributed by atoms with van der Waals surface area (Å²) in [5, 5.41) is 10.3. The number of aromatic nitrogens is 2. The standard InChI is InChI=1S/C12H23N5/c1-16-7-9-17(10-8-16)6-2-4-13-11-12-3-5-14-15-12/h3,5,13H,2,4,6-11H2,1H3,(H,14,15). The Morgan fingerprint density at radius 3 is 2.88 bits per heavy atom. The molecule has 1 aliphatic heterocycles. The monoisotopic (exact) mass is 237 g/mol. The quantitative estimate of drug-likeness (QED) is 0.691. The molecule has 5 heteroatoms. The number of nitrogens with one attached hydrogen (secondary N) is 2. The van der Waals surface area contributed by atoms with E-state index in [0.717, 1.165) is 18.8 Å². The first kappa shape index (κ1) is 12.5. The van der Waals surface area contributed by atoms with Gasteiger partial charge in [-0.05, 0) is 32.6 Å². The molecule has 2 rings (SSSR count). The molecule has 2 N–H and O–H groups in total. The van der Waals surface area contributed by atoms with E-state index in [4.69, 9.17) is 0 Å². The summed E-state index contributed by atoms with van der Waals surface area (Å²) in [6, 6.07) is 2.01. The van der Waals surface area contributed by atoms with Gasteiger partial charge in [-0.3, -0.25) is 5.10 Å². The molecule has 0 atom stereocenters. The van der Waals surface area contributed by atoms with Gasteiger partial charge >= 0.3 is 0 Å². The van der Waals surface area contributed by atoms with E-state index in [1.807, 2.05) is 6.07 Å². The Bertz CT molecular complexity index is 290. The first-order valence-electron chi connectivity index (χ1n) is 6.44. The fraction of sp³-hybridized carbons (Fsp3) is 0.750. The van der Waals surface area contributed by atoms with E-state index in [0.29, 0.717) is 0 Å². The van der Waals surface area contributed by atoms with Gasteiger partial charge < -0.3 is 15.1 Å². The molecule has 0 spiro atoms. The molecule has 1 aromatic heterocycles. The van der Waals surface area contributed by atoms with Crippen molar-refractivity contribution in [3.05, 3.63) is 18.0 Å². The fourth-order valence-electron chi connectivity index (χ4n) is 2.11. The van der Waals surface area contributed by atoms with Crippen LogP contribution in [0, 0.1) is 0 Å². The summed E-state index contributed by atoms with van der Waals surface area (Å²) in [7, 11) is 2.20. The zero-order chi connectivity index (χ0) is 11.9. The summed E-state index contributed by atoms with van der Waals surface area (Å²) in [6.07, 6.45) is 3.01. The van der Waals surface area contributed by atoms with Gasteiger partial charge in [0.1, 0.15) is 0 Å². The van der Waals surface area contributed by atoms with Gasteiger partial charge in [-0.25, -0.2) is 0 Å². The van der Waals surface area contributed by atoms with E-state index in [2.05, 4.69) is 32.4 Å². The SMILES string of the molecule is CN1CCN(CCCNCc2ccn[nH]2)CC1. The van der Waals surface area contributed by atoms with Crippen LogP contribution in [0.3, 0.4) is 0 Å². The first-order chi connectivity index (χ1) is 8.34. The molecule has 0 saturated carbocycles. The summed E-state index contributed by atoms with van der Waals surface area (Å²) < 4.78 is 0. The van der Waals surface area contributed by atoms with Crippen LogP contribution in [0.2, 0.25) is 0 Å². The minimum atomic E-state index is 0.892. The lowest BCUT2D eigenvalue weighted by Gasteiger charge is -2.32. The number of aromatic amines is 1. The number of likely N-dealkylation sites (N-methyl/N-ethyl adjacent to an activating group) is 1. The van der Waals surface area contributed by atoms with Crippen LogP contribution in [0.1, 0.15) is 12.1 Å². The van der Waals surface area contributed by atoms with Gasteiger partial charge in [0, 0.05) is 44.6 Å². The van der Waals surface area contributed by atoms with Crippen molar-refractivity contribution in [3.63, 3.8) is 0 Å². The predicted octanol–water partition coefficient (Wildman–Crippen LogP) is 0.137. The average Bonchev–Trinajstić information content (AvgIpc) is 2.84. The summed E-state index contributed by atoms with van der Waals surface area (Å²) >= 11 is 0. The number of piperazine rings is 1. The van der Waals surface area contributed by atoms with E-state index >= 15 is 0 Å². The lowest BCUT2D eigenvalue weighted by atomic mass is 10.3. The molecule has 17 heavy (non-hydrogen) atoms. The van der Waals surface area contributed by atoms with Crippen LogP contribution < -0.4 is 5.32 Å². The lowest BCUT2D eigenvalue weighted by Crippen LogP contribution is -2.45. The van der Waals surface area contributed by atoms with E-state index in [1.165, 1.54) is 39.1 Å². The first-order valence-corrected chi connectivity index (χ1v) is 6.44. The second-order valence-electron chi connectivity index (χ2n) is 4.76. The molecule has 2 heterocycles. The number of H-pyrrole nitrogens is 1. The molecule has 1 saturated heterocycles. The van der Waals surface area contributed by atoms with Gasteiger partial charge in [-0.15, -0.1) is 0 Å². The summed E-state index contributed by atoms with van der Waals surface area (Å²) in [6.45, 7) is 8.04. The minimum absolute atomic E-state index is 0.892. The van der Waals surface area contributed by atoms with Crippen LogP contribution in [0.25, 0.3) is 0 Å². The highest BCUT2D eigenvalue weighted by Crippen LogP contribution is 1.99. The van der Waals surface area contributed by atoms with Crippen molar-refractivity contribution in [2.45, 2.75) is 13.0 Å². The Kier molecular flexibility index (Phi) is 4.97. The summed E-state index contributed by atoms with van der Waals surface area (Å²) in [5.74, 6) is 0. The molecule has 0 bridgehead atoms. The van der Waals surface area contributed by atoms with Crippen LogP contribution >= 0.6 is 0 Å². The smallest absolute Gasteiger partial charge is 0.0490 e. The topological polar surface area (TPSA) is 47.2 Å². The van der Waals surface area contributed by atoms with Crippen molar-refractivity contribution >= 4 is 0 Å². The molecule has 96 valence electrons. The van der Waals surface area contributed by atoms with Gasteiger partial charge in [0.05, 0.1) is 0 Å². The van der Waals surface area contributed by atoms with Gasteiger partial charge in [0.15, 0.2) is 0 Å². The van der Waals surface area contributed by atoms with Crippen molar-refractivity contribution in [2.75, 3.05) is 46.3 Å². The molecule has 0 unspecified atom stereocenters. The molecule has 0 radical (unpaired) electrons. The Hall–Kier alpha value is -0.910. The van der Waals surface area contributed by atoms with Gasteiger partial charge in [-0.1, -0.05) is 0 Å². The highest BCUT2D eigenvalue weighted by molar-refractivity contribution is 4.96. The molecule has 1 aromatic rings. The fourth-order valence-corrected chi connectivity index (χ4v) is 2.11. The van der Waals surface area contributed by atoms with Crippen LogP contribution in [0.15, 0.2) is 12.3 Å². The van der Waals surface area contributed by atoms with E-state index in [-0.39, 0.29) is 0 Å². The van der Waals surface area contributed by atoms with Gasteiger partial charge in [-0.2, -0.15) is 5.10 Å². The van der Waals surface area contributed by atoms with Crippen molar-refractivity contribution in [1.29, 1.82) is 0 Å². The number of rotatable bonds is 6. The minimum Gasteiger partial charge on any atom is -0.311 e. The Balaban J connectivity index is 1.49. The maximum atomic E-state index is 3.92. The number of hydrogen-bond donors (Lipinski definition) is 2. The molecule has 0 aliphatic carbocycles. The molecule has 1 aliphatic rings. The van der Waals surface area contributed by atoms with Crippen LogP contribution in [0.4, 0.5) is 0 Å². The molecule has 5 nitrogen and oxygen atoms in total. The molecule has 0 aromatic carbocycles. The lowest BCUT2D eigenvalue weighted by molar-refractivity contribution is 0.152. The Morgan fingerprint density at radius 2 is 2.18 bits per heavy atom. The molecular formula is C12H23N5. The Morgan fingerprint density at radius 1 is 1.35 bits per heavy atom. The van der Waals surface area contributed by atoms with Crippen molar-refractivity contribution in [3.8, 4) is 0 Å². The third-order valence-electron chi connectivity index (χ3n) is 3.30. The van der Waals surface area contributed by atoms with E-state index < -0.39 is 0 Å². The number of hydrogen-bond acceptors (Lipinski definition) is 4. The predicted molar refractivity (Wildman–Crippen MR) is 68.8 cm³/mol. The van der Waals surface area contributed by atoms with E-state index in [1.54, 1.807) is 6.20 Å². The Labute approximate surface area is 103 Å². The van der Waals surface area contributed by atoms with E-state index in [9.17, 15) is 0 Å². The molecular weight excluding hydrogens is 214 g/mol. The van der Waals surface area contributed by atoms with Crippen molar-refractivity contribution in [2.24, 2.45) is 0 Å². The van der Waals surface area contributed by atoms with Crippen molar-refractivity contribution in [1.82, 2.24) is 25.3 Å². The van der Waals surface area contributed by atoms with Gasteiger partial charge in [0.25, 0.3) is 0 Å². The second kappa shape index (κ2) is 6.74. The highest BCUT2D eigenvalue weighted by Gasteiger charge is 2.12. The highest BCUT2D eigenvalue weighted by atomic mass is 15.2. The number of nitrogens with zero attached hydrogens (tertiary/aromatic N) is 3. The summed E-state index contributed by atoms with van der Waals surface area (Å²) in [4.78, 5) is 4.95. The third-order valence-corrected chi connectivity index (χ3v) is 3.30. The van der Waals surface area contributed by atoms with Crippen LogP contribution in [0.5, 0.6) is 0 Å². The van der Waals surface area contributed by atoms with Crippen molar-refractivity contribution < 1.29 is 0 Å².